The Hall–Kier alpha value is -0.871. The van der Waals surface area contributed by atoms with E-state index in [0.29, 0.717) is 18.3 Å². The van der Waals surface area contributed by atoms with Gasteiger partial charge in [0.1, 0.15) is 0 Å². The zero-order valence-electron chi connectivity index (χ0n) is 6.93. The van der Waals surface area contributed by atoms with Gasteiger partial charge < -0.3 is 0 Å². The van der Waals surface area contributed by atoms with Gasteiger partial charge in [0.25, 0.3) is 0 Å². The molecule has 4 N–H and O–H groups in total. The minimum atomic E-state index is -0.120. The van der Waals surface area contributed by atoms with Crippen LogP contribution in [0.2, 0.25) is 0 Å². The van der Waals surface area contributed by atoms with Gasteiger partial charge in [0.2, 0.25) is 0 Å². The van der Waals surface area contributed by atoms with Crippen LogP contribution in [0.15, 0.2) is 12.4 Å². The number of rotatable bonds is 2. The monoisotopic (exact) mass is 322 g/mol. The van der Waals surface area contributed by atoms with E-state index >= 15 is 0 Å². The van der Waals surface area contributed by atoms with E-state index in [0.717, 1.165) is 0 Å². The van der Waals surface area contributed by atoms with Crippen LogP contribution in [-0.4, -0.2) is 44.8 Å². The number of hydrogen-bond donors (Lipinski definition) is 2. The van der Waals surface area contributed by atoms with Gasteiger partial charge in [0.05, 0.1) is 0 Å². The quantitative estimate of drug-likeness (QED) is 0.546. The van der Waals surface area contributed by atoms with Crippen LogP contribution in [0.5, 0.6) is 0 Å². The van der Waals surface area contributed by atoms with Crippen molar-refractivity contribution in [3.8, 4) is 0 Å². The van der Waals surface area contributed by atoms with Crippen molar-refractivity contribution in [2.24, 2.45) is 0 Å². The molecule has 2 aromatic rings. The normalized spacial score (nSPS) is 10.3. The van der Waals surface area contributed by atoms with Crippen molar-refractivity contribution < 1.29 is 4.79 Å². The van der Waals surface area contributed by atoms with Crippen molar-refractivity contribution in [2.75, 3.05) is 11.5 Å². The van der Waals surface area contributed by atoms with E-state index in [4.69, 9.17) is 11.5 Å². The number of carbonyl (C=O) groups excluding carboxylic acids is 1. The van der Waals surface area contributed by atoms with E-state index in [9.17, 15) is 4.79 Å². The second-order valence-electron chi connectivity index (χ2n) is 2.45. The van der Waals surface area contributed by atoms with Gasteiger partial charge in [-0.05, 0) is 0 Å². The first-order valence-electron chi connectivity index (χ1n) is 3.64. The minimum absolute atomic E-state index is 0.00148. The molecule has 5 nitrogen and oxygen atoms in total. The Labute approximate surface area is 91.6 Å². The van der Waals surface area contributed by atoms with E-state index in [1.807, 2.05) is 0 Å². The van der Waals surface area contributed by atoms with Gasteiger partial charge in [-0.1, -0.05) is 0 Å². The number of aromatic nitrogens is 2. The van der Waals surface area contributed by atoms with Gasteiger partial charge in [-0.25, -0.2) is 0 Å². The van der Waals surface area contributed by atoms with Crippen LogP contribution in [0.4, 0.5) is 9.38 Å². The number of hydrogen-bond acceptors (Lipinski definition) is 5. The molecule has 0 aromatic carbocycles. The summed E-state index contributed by atoms with van der Waals surface area (Å²) in [7, 11) is 0. The molecule has 0 unspecified atom stereocenters. The predicted octanol–water partition coefficient (Wildman–Crippen LogP) is -1.01. The second-order valence-corrected chi connectivity index (χ2v) is 6.91. The molecule has 0 saturated carbocycles. The van der Waals surface area contributed by atoms with Gasteiger partial charge in [-0.2, -0.15) is 0 Å². The SMILES string of the molecule is Nc1ncc(C(=O)c2cnc(N)[se]2)[se]1. The molecular formula is C7H6N4OSe2. The van der Waals surface area contributed by atoms with Crippen molar-refractivity contribution >= 4 is 44.2 Å². The maximum atomic E-state index is 11.8. The molecular weight excluding hydrogens is 314 g/mol. The van der Waals surface area contributed by atoms with Gasteiger partial charge in [-0.15, -0.1) is 0 Å². The molecule has 0 atom stereocenters. The number of nitrogens with two attached hydrogens (primary N) is 2. The third-order valence-corrected chi connectivity index (χ3v) is 4.96. The van der Waals surface area contributed by atoms with Gasteiger partial charge in [-0.3, -0.25) is 0 Å². The molecule has 2 rings (SSSR count). The van der Waals surface area contributed by atoms with E-state index < -0.39 is 0 Å². The Bertz CT molecular complexity index is 433. The topological polar surface area (TPSA) is 94.9 Å². The van der Waals surface area contributed by atoms with Crippen LogP contribution < -0.4 is 11.5 Å². The van der Waals surface area contributed by atoms with Crippen LogP contribution in [0.1, 0.15) is 13.7 Å². The molecule has 0 saturated heterocycles. The van der Waals surface area contributed by atoms with Gasteiger partial charge in [0, 0.05) is 0 Å². The van der Waals surface area contributed by atoms with Crippen molar-refractivity contribution in [1.82, 2.24) is 9.97 Å². The molecule has 0 bridgehead atoms. The standard InChI is InChI=1S/C7H6N4OSe2/c8-6-10-1-3(13-6)5(12)4-2-11-7(9)14-4/h1-2H,(H2,8,10)(H2,9,11). The van der Waals surface area contributed by atoms with E-state index in [-0.39, 0.29) is 34.8 Å². The number of nitrogens with zero attached hydrogens (tertiary/aromatic N) is 2. The first kappa shape index (κ1) is 9.68. The zero-order chi connectivity index (χ0) is 10.1. The molecule has 0 spiro atoms. The number of nitrogen functional groups attached to an aromatic ring is 2. The van der Waals surface area contributed by atoms with Crippen LogP contribution in [0, 0.1) is 0 Å². The van der Waals surface area contributed by atoms with Crippen LogP contribution >= 0.6 is 0 Å². The molecule has 7 heteroatoms. The summed E-state index contributed by atoms with van der Waals surface area (Å²) in [6, 6.07) is 0. The van der Waals surface area contributed by atoms with E-state index in [1.165, 1.54) is 0 Å². The molecule has 0 aliphatic heterocycles. The van der Waals surface area contributed by atoms with Crippen LogP contribution in [0.3, 0.4) is 0 Å². The maximum absolute atomic E-state index is 11.8. The number of anilines is 2. The average Bonchev–Trinajstić information content (AvgIpc) is 2.73. The molecule has 0 aliphatic rings. The molecule has 0 amide bonds. The van der Waals surface area contributed by atoms with Crippen molar-refractivity contribution in [1.29, 1.82) is 0 Å². The summed E-state index contributed by atoms with van der Waals surface area (Å²) in [6.45, 7) is 0. The van der Waals surface area contributed by atoms with Gasteiger partial charge in [0.15, 0.2) is 0 Å². The Morgan fingerprint density at radius 3 is 1.79 bits per heavy atom. The first-order valence-corrected chi connectivity index (χ1v) is 7.07. The van der Waals surface area contributed by atoms with Crippen LogP contribution in [0.25, 0.3) is 0 Å². The van der Waals surface area contributed by atoms with Crippen molar-refractivity contribution in [3.05, 3.63) is 21.3 Å². The molecule has 0 aliphatic carbocycles. The fraction of sp³-hybridized carbons (Fsp3) is 0. The summed E-state index contributed by atoms with van der Waals surface area (Å²) in [6.07, 6.45) is 3.09. The molecule has 0 radical (unpaired) electrons. The number of ketones is 1. The third-order valence-electron chi connectivity index (χ3n) is 1.49. The summed E-state index contributed by atoms with van der Waals surface area (Å²) < 4.78 is 2.46. The van der Waals surface area contributed by atoms with E-state index in [2.05, 4.69) is 9.97 Å². The van der Waals surface area contributed by atoms with Crippen molar-refractivity contribution in [3.63, 3.8) is 0 Å². The van der Waals surface area contributed by atoms with Gasteiger partial charge >= 0.3 is 91.7 Å². The summed E-state index contributed by atoms with van der Waals surface area (Å²) in [5.41, 5.74) is 11.0. The third kappa shape index (κ3) is 1.81. The Morgan fingerprint density at radius 1 is 1.07 bits per heavy atom. The first-order chi connectivity index (χ1) is 6.66. The average molecular weight is 320 g/mol. The summed E-state index contributed by atoms with van der Waals surface area (Å²) in [5.74, 6) is -0.00148. The summed E-state index contributed by atoms with van der Waals surface area (Å²) >= 11 is -0.239. The Kier molecular flexibility index (Phi) is 2.56. The van der Waals surface area contributed by atoms with Crippen molar-refractivity contribution in [2.45, 2.75) is 0 Å². The predicted molar refractivity (Wildman–Crippen MR) is 54.6 cm³/mol. The fourth-order valence-electron chi connectivity index (χ4n) is 0.907. The molecule has 14 heavy (non-hydrogen) atoms. The summed E-state index contributed by atoms with van der Waals surface area (Å²) in [5, 5.41) is 0. The number of carbonyl (C=O) groups is 1. The van der Waals surface area contributed by atoms with E-state index in [1.54, 1.807) is 12.4 Å². The molecule has 72 valence electrons. The Morgan fingerprint density at radius 2 is 1.50 bits per heavy atom. The molecule has 0 fully saturated rings. The fourth-order valence-corrected chi connectivity index (χ4v) is 3.91. The molecule has 2 heterocycles. The van der Waals surface area contributed by atoms with Crippen LogP contribution in [-0.2, 0) is 0 Å². The molecule has 2 aromatic heterocycles. The Balaban J connectivity index is 2.33. The summed E-state index contributed by atoms with van der Waals surface area (Å²) in [4.78, 5) is 19.5. The second kappa shape index (κ2) is 3.71. The zero-order valence-corrected chi connectivity index (χ0v) is 10.4.